The van der Waals surface area contributed by atoms with Gasteiger partial charge in [-0.15, -0.1) is 5.10 Å². The number of carbonyl (C=O) groups excluding carboxylic acids is 1. The van der Waals surface area contributed by atoms with Crippen molar-refractivity contribution in [3.63, 3.8) is 0 Å². The number of nitrogens with one attached hydrogen (secondary N) is 1. The lowest BCUT2D eigenvalue weighted by Gasteiger charge is -2.15. The molecule has 6 heteroatoms. The molecule has 2 aromatic carbocycles. The third-order valence-corrected chi connectivity index (χ3v) is 4.78. The van der Waals surface area contributed by atoms with E-state index in [-0.39, 0.29) is 17.3 Å². The fourth-order valence-electron chi connectivity index (χ4n) is 2.85. The van der Waals surface area contributed by atoms with Crippen molar-refractivity contribution < 1.29 is 9.53 Å². The number of aromatic nitrogens is 2. The molecule has 3 rings (SSSR count). The molecule has 150 valence electrons. The van der Waals surface area contributed by atoms with Crippen LogP contribution < -0.4 is 15.6 Å². The SMILES string of the molecule is CCc1cccc(NC(=O)[C@H](C)Oc2ccc(=O)n(-c3ccc(C)c(C)c3)n2)c1. The average Bonchev–Trinajstić information content (AvgIpc) is 2.71. The molecule has 0 spiro atoms. The number of aryl methyl sites for hydroxylation is 3. The number of nitrogens with zero attached hydrogens (tertiary/aromatic N) is 2. The highest BCUT2D eigenvalue weighted by molar-refractivity contribution is 5.94. The highest BCUT2D eigenvalue weighted by Gasteiger charge is 2.16. The number of benzene rings is 2. The fraction of sp³-hybridized carbons (Fsp3) is 0.261. The highest BCUT2D eigenvalue weighted by atomic mass is 16.5. The lowest BCUT2D eigenvalue weighted by Crippen LogP contribution is -2.31. The maximum absolute atomic E-state index is 12.5. The van der Waals surface area contributed by atoms with Crippen LogP contribution in [-0.2, 0) is 11.2 Å². The Morgan fingerprint density at radius 2 is 1.90 bits per heavy atom. The van der Waals surface area contributed by atoms with Crippen LogP contribution in [0.1, 0.15) is 30.5 Å². The summed E-state index contributed by atoms with van der Waals surface area (Å²) in [5.74, 6) is -0.0863. The summed E-state index contributed by atoms with van der Waals surface area (Å²) < 4.78 is 6.97. The Morgan fingerprint density at radius 1 is 1.10 bits per heavy atom. The predicted molar refractivity (Wildman–Crippen MR) is 114 cm³/mol. The molecule has 1 amide bonds. The molecule has 0 aliphatic heterocycles. The van der Waals surface area contributed by atoms with Crippen LogP contribution in [0.2, 0.25) is 0 Å². The largest absolute Gasteiger partial charge is 0.463 e. The molecular weight excluding hydrogens is 366 g/mol. The van der Waals surface area contributed by atoms with E-state index in [4.69, 9.17) is 4.74 Å². The number of rotatable bonds is 6. The van der Waals surface area contributed by atoms with Gasteiger partial charge in [0.05, 0.1) is 5.69 Å². The van der Waals surface area contributed by atoms with Crippen molar-refractivity contribution >= 4 is 11.6 Å². The quantitative estimate of drug-likeness (QED) is 0.693. The Morgan fingerprint density at radius 3 is 2.62 bits per heavy atom. The van der Waals surface area contributed by atoms with Crippen LogP contribution >= 0.6 is 0 Å². The monoisotopic (exact) mass is 391 g/mol. The summed E-state index contributed by atoms with van der Waals surface area (Å²) in [5.41, 5.74) is 4.43. The highest BCUT2D eigenvalue weighted by Crippen LogP contribution is 2.15. The summed E-state index contributed by atoms with van der Waals surface area (Å²) in [5, 5.41) is 7.12. The number of hydrogen-bond acceptors (Lipinski definition) is 4. The lowest BCUT2D eigenvalue weighted by molar-refractivity contribution is -0.122. The first kappa shape index (κ1) is 20.3. The predicted octanol–water partition coefficient (Wildman–Crippen LogP) is 3.82. The molecule has 1 atom stereocenters. The Labute approximate surface area is 170 Å². The topological polar surface area (TPSA) is 73.2 Å². The van der Waals surface area contributed by atoms with Crippen LogP contribution in [-0.4, -0.2) is 21.8 Å². The van der Waals surface area contributed by atoms with Gasteiger partial charge in [0, 0.05) is 17.8 Å². The van der Waals surface area contributed by atoms with Gasteiger partial charge in [0.2, 0.25) is 5.88 Å². The molecule has 1 N–H and O–H groups in total. The molecule has 0 unspecified atom stereocenters. The first-order chi connectivity index (χ1) is 13.9. The van der Waals surface area contributed by atoms with Gasteiger partial charge in [-0.1, -0.05) is 25.1 Å². The van der Waals surface area contributed by atoms with E-state index in [0.29, 0.717) is 5.69 Å². The van der Waals surface area contributed by atoms with E-state index >= 15 is 0 Å². The maximum Gasteiger partial charge on any atom is 0.271 e. The van der Waals surface area contributed by atoms with Crippen molar-refractivity contribution in [2.75, 3.05) is 5.32 Å². The summed E-state index contributed by atoms with van der Waals surface area (Å²) >= 11 is 0. The standard InChI is InChI=1S/C23H25N3O3/c1-5-18-7-6-8-19(14-18)24-23(28)17(4)29-21-11-12-22(27)26(25-21)20-10-9-15(2)16(3)13-20/h6-14,17H,5H2,1-4H3,(H,24,28)/t17-/m0/s1. The van der Waals surface area contributed by atoms with Crippen LogP contribution in [0.3, 0.4) is 0 Å². The molecular formula is C23H25N3O3. The number of hydrogen-bond donors (Lipinski definition) is 1. The van der Waals surface area contributed by atoms with Crippen molar-refractivity contribution in [3.05, 3.63) is 81.6 Å². The number of carbonyl (C=O) groups is 1. The van der Waals surface area contributed by atoms with E-state index in [1.807, 2.05) is 56.3 Å². The maximum atomic E-state index is 12.5. The van der Waals surface area contributed by atoms with Crippen LogP contribution in [0.25, 0.3) is 5.69 Å². The van der Waals surface area contributed by atoms with Crippen molar-refractivity contribution in [2.45, 2.75) is 40.2 Å². The van der Waals surface area contributed by atoms with Gasteiger partial charge in [0.1, 0.15) is 0 Å². The van der Waals surface area contributed by atoms with Crippen molar-refractivity contribution in [3.8, 4) is 11.6 Å². The molecule has 0 radical (unpaired) electrons. The molecule has 1 aromatic heterocycles. The minimum Gasteiger partial charge on any atom is -0.463 e. The van der Waals surface area contributed by atoms with Crippen LogP contribution in [0.15, 0.2) is 59.4 Å². The molecule has 0 aliphatic carbocycles. The first-order valence-corrected chi connectivity index (χ1v) is 9.62. The minimum atomic E-state index is -0.779. The second-order valence-corrected chi connectivity index (χ2v) is 6.99. The van der Waals surface area contributed by atoms with Gasteiger partial charge in [-0.05, 0) is 68.1 Å². The molecule has 29 heavy (non-hydrogen) atoms. The van der Waals surface area contributed by atoms with Gasteiger partial charge in [-0.3, -0.25) is 9.59 Å². The van der Waals surface area contributed by atoms with E-state index in [9.17, 15) is 9.59 Å². The van der Waals surface area contributed by atoms with Gasteiger partial charge in [0.15, 0.2) is 6.10 Å². The molecule has 1 heterocycles. The fourth-order valence-corrected chi connectivity index (χ4v) is 2.85. The third-order valence-electron chi connectivity index (χ3n) is 4.78. The summed E-state index contributed by atoms with van der Waals surface area (Å²) in [6.07, 6.45) is 0.109. The number of amides is 1. The summed E-state index contributed by atoms with van der Waals surface area (Å²) in [6.45, 7) is 7.68. The molecule has 0 aliphatic rings. The second kappa shape index (κ2) is 8.73. The van der Waals surface area contributed by atoms with E-state index in [2.05, 4.69) is 17.3 Å². The van der Waals surface area contributed by atoms with Gasteiger partial charge < -0.3 is 10.1 Å². The molecule has 0 fully saturated rings. The normalized spacial score (nSPS) is 11.7. The summed E-state index contributed by atoms with van der Waals surface area (Å²) in [7, 11) is 0. The second-order valence-electron chi connectivity index (χ2n) is 6.99. The van der Waals surface area contributed by atoms with Gasteiger partial charge in [-0.2, -0.15) is 4.68 Å². The molecule has 0 saturated carbocycles. The Kier molecular flexibility index (Phi) is 6.12. The third kappa shape index (κ3) is 4.90. The van der Waals surface area contributed by atoms with Crippen LogP contribution in [0.4, 0.5) is 5.69 Å². The van der Waals surface area contributed by atoms with Gasteiger partial charge in [0.25, 0.3) is 11.5 Å². The van der Waals surface area contributed by atoms with Crippen LogP contribution in [0.5, 0.6) is 5.88 Å². The molecule has 0 bridgehead atoms. The van der Waals surface area contributed by atoms with E-state index in [1.165, 1.54) is 16.8 Å². The van der Waals surface area contributed by atoms with E-state index in [1.54, 1.807) is 6.92 Å². The van der Waals surface area contributed by atoms with Crippen molar-refractivity contribution in [2.24, 2.45) is 0 Å². The molecule has 0 saturated heterocycles. The van der Waals surface area contributed by atoms with Crippen molar-refractivity contribution in [1.29, 1.82) is 0 Å². The number of anilines is 1. The minimum absolute atomic E-state index is 0.202. The summed E-state index contributed by atoms with van der Waals surface area (Å²) in [4.78, 5) is 24.7. The van der Waals surface area contributed by atoms with E-state index < -0.39 is 6.10 Å². The number of ether oxygens (including phenoxy) is 1. The summed E-state index contributed by atoms with van der Waals surface area (Å²) in [6, 6.07) is 16.2. The Bertz CT molecular complexity index is 1090. The van der Waals surface area contributed by atoms with Gasteiger partial charge in [-0.25, -0.2) is 0 Å². The molecule has 3 aromatic rings. The average molecular weight is 391 g/mol. The van der Waals surface area contributed by atoms with E-state index in [0.717, 1.165) is 28.8 Å². The zero-order chi connectivity index (χ0) is 21.0. The Balaban J connectivity index is 1.76. The zero-order valence-electron chi connectivity index (χ0n) is 17.1. The van der Waals surface area contributed by atoms with Gasteiger partial charge >= 0.3 is 0 Å². The Hall–Kier alpha value is -3.41. The van der Waals surface area contributed by atoms with Crippen LogP contribution in [0, 0.1) is 13.8 Å². The van der Waals surface area contributed by atoms with Crippen molar-refractivity contribution in [1.82, 2.24) is 9.78 Å². The smallest absolute Gasteiger partial charge is 0.271 e. The zero-order valence-corrected chi connectivity index (χ0v) is 17.1. The molecule has 6 nitrogen and oxygen atoms in total. The first-order valence-electron chi connectivity index (χ1n) is 9.62. The lowest BCUT2D eigenvalue weighted by atomic mass is 10.1.